The molecule has 29 heavy (non-hydrogen) atoms. The van der Waals surface area contributed by atoms with Crippen LogP contribution in [0, 0.1) is 6.92 Å². The fraction of sp³-hybridized carbons (Fsp3) is 0.0455. The Kier molecular flexibility index (Phi) is 4.36. The van der Waals surface area contributed by atoms with E-state index in [1.165, 1.54) is 34.7 Å². The summed E-state index contributed by atoms with van der Waals surface area (Å²) in [5.41, 5.74) is 0.706. The number of ketones is 1. The van der Waals surface area contributed by atoms with Crippen LogP contribution in [-0.2, 0) is 0 Å². The molecule has 2 aromatic heterocycles. The molecule has 0 aliphatic rings. The quantitative estimate of drug-likeness (QED) is 0.479. The maximum atomic E-state index is 13.3. The van der Waals surface area contributed by atoms with E-state index < -0.39 is 28.8 Å². The number of aromatic carboxylic acids is 2. The Morgan fingerprint density at radius 3 is 2.07 bits per heavy atom. The van der Waals surface area contributed by atoms with Gasteiger partial charge in [0.1, 0.15) is 16.8 Å². The molecule has 0 atom stereocenters. The highest BCUT2D eigenvalue weighted by Crippen LogP contribution is 2.31. The van der Waals surface area contributed by atoms with E-state index in [1.54, 1.807) is 12.1 Å². The van der Waals surface area contributed by atoms with Crippen LogP contribution in [-0.4, -0.2) is 32.3 Å². The predicted octanol–water partition coefficient (Wildman–Crippen LogP) is 4.68. The number of aryl methyl sites for hydroxylation is 1. The second-order valence-corrected chi connectivity index (χ2v) is 7.10. The van der Waals surface area contributed by atoms with Crippen molar-refractivity contribution < 1.29 is 24.6 Å². The molecule has 0 saturated heterocycles. The van der Waals surface area contributed by atoms with Gasteiger partial charge in [-0.2, -0.15) is 0 Å². The number of carbonyl (C=O) groups is 3. The van der Waals surface area contributed by atoms with Crippen molar-refractivity contribution in [2.75, 3.05) is 0 Å². The molecule has 6 nitrogen and oxygen atoms in total. The van der Waals surface area contributed by atoms with Gasteiger partial charge in [-0.1, -0.05) is 29.3 Å². The van der Waals surface area contributed by atoms with Crippen LogP contribution in [0.5, 0.6) is 0 Å². The molecule has 4 rings (SSSR count). The number of pyridine rings is 1. The summed E-state index contributed by atoms with van der Waals surface area (Å²) in [6, 6.07) is 14.7. The van der Waals surface area contributed by atoms with Crippen molar-refractivity contribution in [3.63, 3.8) is 0 Å². The standard InChI is InChI=1S/C22H14ClNO5/c1-11-2-8-15-13(10-11)5-9-16-17(21(26)27)18(22(28)29)19(24(15)16)20(25)12-3-6-14(23)7-4-12/h2-10H,1H3,(H,26,27)(H,28,29). The van der Waals surface area contributed by atoms with Crippen molar-refractivity contribution in [3.05, 3.63) is 87.6 Å². The van der Waals surface area contributed by atoms with Crippen LogP contribution in [0.3, 0.4) is 0 Å². The van der Waals surface area contributed by atoms with Gasteiger partial charge in [0.15, 0.2) is 0 Å². The first-order chi connectivity index (χ1) is 13.8. The molecule has 144 valence electrons. The summed E-state index contributed by atoms with van der Waals surface area (Å²) in [7, 11) is 0. The van der Waals surface area contributed by atoms with Crippen molar-refractivity contribution in [2.45, 2.75) is 6.92 Å². The first-order valence-corrected chi connectivity index (χ1v) is 9.02. The lowest BCUT2D eigenvalue weighted by Crippen LogP contribution is -2.13. The second-order valence-electron chi connectivity index (χ2n) is 6.66. The van der Waals surface area contributed by atoms with E-state index in [4.69, 9.17) is 11.6 Å². The van der Waals surface area contributed by atoms with Crippen LogP contribution in [0.15, 0.2) is 54.6 Å². The van der Waals surface area contributed by atoms with Crippen LogP contribution in [0.25, 0.3) is 16.4 Å². The third kappa shape index (κ3) is 2.94. The number of hydrogen-bond donors (Lipinski definition) is 2. The lowest BCUT2D eigenvalue weighted by molar-refractivity contribution is 0.0652. The number of halogens is 1. The Morgan fingerprint density at radius 2 is 1.45 bits per heavy atom. The Morgan fingerprint density at radius 1 is 0.828 bits per heavy atom. The van der Waals surface area contributed by atoms with Gasteiger partial charge in [-0.05, 0) is 54.8 Å². The van der Waals surface area contributed by atoms with E-state index in [1.807, 2.05) is 19.1 Å². The summed E-state index contributed by atoms with van der Waals surface area (Å²) in [5.74, 6) is -3.50. The Hall–Kier alpha value is -3.64. The van der Waals surface area contributed by atoms with Gasteiger partial charge in [0.05, 0.1) is 11.0 Å². The normalized spacial score (nSPS) is 11.1. The van der Waals surface area contributed by atoms with Crippen LogP contribution < -0.4 is 0 Å². The average molecular weight is 408 g/mol. The Labute approximate surface area is 169 Å². The molecule has 0 spiro atoms. The van der Waals surface area contributed by atoms with E-state index in [0.717, 1.165) is 10.9 Å². The second kappa shape index (κ2) is 6.76. The smallest absolute Gasteiger partial charge is 0.338 e. The molecule has 0 bridgehead atoms. The molecule has 2 aromatic carbocycles. The van der Waals surface area contributed by atoms with E-state index in [-0.39, 0.29) is 16.8 Å². The zero-order valence-corrected chi connectivity index (χ0v) is 15.9. The summed E-state index contributed by atoms with van der Waals surface area (Å²) in [4.78, 5) is 37.3. The summed E-state index contributed by atoms with van der Waals surface area (Å²) in [6.07, 6.45) is 0. The summed E-state index contributed by atoms with van der Waals surface area (Å²) >= 11 is 5.89. The van der Waals surface area contributed by atoms with Gasteiger partial charge >= 0.3 is 11.9 Å². The first kappa shape index (κ1) is 18.7. The van der Waals surface area contributed by atoms with E-state index >= 15 is 0 Å². The van der Waals surface area contributed by atoms with E-state index in [0.29, 0.717) is 10.5 Å². The molecule has 0 saturated carbocycles. The van der Waals surface area contributed by atoms with Crippen molar-refractivity contribution >= 4 is 45.7 Å². The van der Waals surface area contributed by atoms with Gasteiger partial charge in [0.2, 0.25) is 5.78 Å². The average Bonchev–Trinajstić information content (AvgIpc) is 3.03. The first-order valence-electron chi connectivity index (χ1n) is 8.64. The van der Waals surface area contributed by atoms with Gasteiger partial charge in [0.25, 0.3) is 0 Å². The van der Waals surface area contributed by atoms with E-state index in [2.05, 4.69) is 0 Å². The molecular formula is C22H14ClNO5. The van der Waals surface area contributed by atoms with Crippen LogP contribution in [0.4, 0.5) is 0 Å². The summed E-state index contributed by atoms with van der Waals surface area (Å²) in [6.45, 7) is 1.91. The maximum Gasteiger partial charge on any atom is 0.338 e. The molecule has 4 aromatic rings. The SMILES string of the molecule is Cc1ccc2c(ccc3c(C(=O)O)c(C(=O)O)c(C(=O)c4ccc(Cl)cc4)n32)c1. The number of hydrogen-bond acceptors (Lipinski definition) is 3. The largest absolute Gasteiger partial charge is 0.478 e. The molecule has 2 heterocycles. The highest BCUT2D eigenvalue weighted by molar-refractivity contribution is 6.30. The minimum atomic E-state index is -1.48. The number of carboxylic acid groups (broad SMARTS) is 2. The molecule has 0 amide bonds. The number of benzene rings is 2. The number of carbonyl (C=O) groups excluding carboxylic acids is 1. The van der Waals surface area contributed by atoms with Gasteiger partial charge < -0.3 is 14.6 Å². The molecule has 0 unspecified atom stereocenters. The number of rotatable bonds is 4. The van der Waals surface area contributed by atoms with Gasteiger partial charge in [-0.25, -0.2) is 9.59 Å². The number of nitrogens with zero attached hydrogens (tertiary/aromatic N) is 1. The van der Waals surface area contributed by atoms with Crippen molar-refractivity contribution in [1.29, 1.82) is 0 Å². The Bertz CT molecular complexity index is 1340. The molecule has 2 N–H and O–H groups in total. The maximum absolute atomic E-state index is 13.3. The number of aromatic nitrogens is 1. The molecular weight excluding hydrogens is 394 g/mol. The van der Waals surface area contributed by atoms with Crippen LogP contribution in [0.1, 0.15) is 42.3 Å². The summed E-state index contributed by atoms with van der Waals surface area (Å²) in [5, 5.41) is 20.7. The van der Waals surface area contributed by atoms with Crippen molar-refractivity contribution in [2.24, 2.45) is 0 Å². The molecule has 0 aliphatic heterocycles. The van der Waals surface area contributed by atoms with Crippen LogP contribution >= 0.6 is 11.6 Å². The topological polar surface area (TPSA) is 96.1 Å². The number of carboxylic acids is 2. The highest BCUT2D eigenvalue weighted by Gasteiger charge is 2.32. The zero-order valence-electron chi connectivity index (χ0n) is 15.1. The van der Waals surface area contributed by atoms with Gasteiger partial charge in [-0.3, -0.25) is 4.79 Å². The molecule has 0 fully saturated rings. The molecule has 0 aliphatic carbocycles. The molecule has 0 radical (unpaired) electrons. The van der Waals surface area contributed by atoms with Crippen molar-refractivity contribution in [3.8, 4) is 0 Å². The lowest BCUT2D eigenvalue weighted by atomic mass is 10.0. The summed E-state index contributed by atoms with van der Waals surface area (Å²) < 4.78 is 1.42. The third-order valence-electron chi connectivity index (χ3n) is 4.80. The van der Waals surface area contributed by atoms with E-state index in [9.17, 15) is 24.6 Å². The Balaban J connectivity index is 2.19. The third-order valence-corrected chi connectivity index (χ3v) is 5.05. The fourth-order valence-electron chi connectivity index (χ4n) is 3.56. The zero-order chi connectivity index (χ0) is 20.9. The minimum absolute atomic E-state index is 0.142. The minimum Gasteiger partial charge on any atom is -0.478 e. The van der Waals surface area contributed by atoms with Crippen LogP contribution in [0.2, 0.25) is 5.02 Å². The monoisotopic (exact) mass is 407 g/mol. The highest BCUT2D eigenvalue weighted by atomic mass is 35.5. The fourth-order valence-corrected chi connectivity index (χ4v) is 3.68. The van der Waals surface area contributed by atoms with Gasteiger partial charge in [-0.15, -0.1) is 0 Å². The predicted molar refractivity (Wildman–Crippen MR) is 108 cm³/mol. The lowest BCUT2D eigenvalue weighted by Gasteiger charge is -2.09. The van der Waals surface area contributed by atoms with Gasteiger partial charge in [0, 0.05) is 10.6 Å². The number of fused-ring (bicyclic) bond motifs is 3. The van der Waals surface area contributed by atoms with Crippen molar-refractivity contribution in [1.82, 2.24) is 4.40 Å². The molecule has 7 heteroatoms.